The van der Waals surface area contributed by atoms with Gasteiger partial charge in [-0.3, -0.25) is 9.88 Å². The molecule has 2 heteroatoms. The molecule has 0 aliphatic carbocycles. The summed E-state index contributed by atoms with van der Waals surface area (Å²) in [6.07, 6.45) is 6.56. The van der Waals surface area contributed by atoms with E-state index in [0.29, 0.717) is 6.04 Å². The van der Waals surface area contributed by atoms with Crippen molar-refractivity contribution in [1.29, 1.82) is 0 Å². The van der Waals surface area contributed by atoms with Gasteiger partial charge in [-0.1, -0.05) is 13.8 Å². The molecular weight excluding hydrogens is 196 g/mol. The predicted molar refractivity (Wildman–Crippen MR) is 67.4 cm³/mol. The average Bonchev–Trinajstić information content (AvgIpc) is 2.66. The van der Waals surface area contributed by atoms with E-state index in [-0.39, 0.29) is 0 Å². The van der Waals surface area contributed by atoms with E-state index in [2.05, 4.69) is 42.9 Å². The van der Waals surface area contributed by atoms with Gasteiger partial charge in [0.15, 0.2) is 0 Å². The Balaban J connectivity index is 2.17. The summed E-state index contributed by atoms with van der Waals surface area (Å²) in [4.78, 5) is 6.90. The first kappa shape index (κ1) is 11.6. The summed E-state index contributed by atoms with van der Waals surface area (Å²) in [5.41, 5.74) is 2.82. The Morgan fingerprint density at radius 3 is 3.00 bits per heavy atom. The van der Waals surface area contributed by atoms with Crippen LogP contribution in [-0.2, 0) is 0 Å². The fourth-order valence-electron chi connectivity index (χ4n) is 2.69. The maximum absolute atomic E-state index is 4.28. The van der Waals surface area contributed by atoms with Crippen molar-refractivity contribution in [2.45, 2.75) is 39.7 Å². The summed E-state index contributed by atoms with van der Waals surface area (Å²) < 4.78 is 0. The maximum atomic E-state index is 4.28. The van der Waals surface area contributed by atoms with Gasteiger partial charge in [-0.25, -0.2) is 0 Å². The van der Waals surface area contributed by atoms with Gasteiger partial charge in [0.2, 0.25) is 0 Å². The SMILES string of the molecule is Cc1ccncc1[C@H]1CCCN1CC(C)C. The van der Waals surface area contributed by atoms with Gasteiger partial charge in [0.25, 0.3) is 0 Å². The Labute approximate surface area is 98.7 Å². The quantitative estimate of drug-likeness (QED) is 0.774. The number of nitrogens with zero attached hydrogens (tertiary/aromatic N) is 2. The Kier molecular flexibility index (Phi) is 3.59. The zero-order valence-electron chi connectivity index (χ0n) is 10.6. The van der Waals surface area contributed by atoms with Crippen LogP contribution in [0, 0.1) is 12.8 Å². The molecule has 0 aromatic carbocycles. The Morgan fingerprint density at radius 2 is 2.31 bits per heavy atom. The van der Waals surface area contributed by atoms with Crippen molar-refractivity contribution in [2.75, 3.05) is 13.1 Å². The van der Waals surface area contributed by atoms with Crippen LogP contribution in [-0.4, -0.2) is 23.0 Å². The number of aromatic nitrogens is 1. The second kappa shape index (κ2) is 4.96. The standard InChI is InChI=1S/C14H22N2/c1-11(2)10-16-8-4-5-14(16)13-9-15-7-6-12(13)3/h6-7,9,11,14H,4-5,8,10H2,1-3H3/t14-/m1/s1. The van der Waals surface area contributed by atoms with Gasteiger partial charge < -0.3 is 0 Å². The van der Waals surface area contributed by atoms with Gasteiger partial charge in [0, 0.05) is 25.0 Å². The summed E-state index contributed by atoms with van der Waals surface area (Å²) >= 11 is 0. The lowest BCUT2D eigenvalue weighted by atomic mass is 10.0. The van der Waals surface area contributed by atoms with Gasteiger partial charge in [-0.05, 0) is 49.4 Å². The van der Waals surface area contributed by atoms with E-state index < -0.39 is 0 Å². The monoisotopic (exact) mass is 218 g/mol. The zero-order chi connectivity index (χ0) is 11.5. The van der Waals surface area contributed by atoms with E-state index >= 15 is 0 Å². The van der Waals surface area contributed by atoms with Crippen molar-refractivity contribution in [1.82, 2.24) is 9.88 Å². The first-order valence-electron chi connectivity index (χ1n) is 6.33. The van der Waals surface area contributed by atoms with E-state index in [1.807, 2.05) is 6.20 Å². The highest BCUT2D eigenvalue weighted by Gasteiger charge is 2.27. The molecule has 0 bridgehead atoms. The molecular formula is C14H22N2. The smallest absolute Gasteiger partial charge is 0.0366 e. The third kappa shape index (κ3) is 2.43. The van der Waals surface area contributed by atoms with E-state index in [1.54, 1.807) is 0 Å². The molecule has 0 N–H and O–H groups in total. The van der Waals surface area contributed by atoms with E-state index in [4.69, 9.17) is 0 Å². The minimum Gasteiger partial charge on any atom is -0.296 e. The Bertz CT molecular complexity index is 346. The molecule has 0 radical (unpaired) electrons. The molecule has 2 heterocycles. The molecule has 2 rings (SSSR count). The fraction of sp³-hybridized carbons (Fsp3) is 0.643. The summed E-state index contributed by atoms with van der Waals surface area (Å²) in [5.74, 6) is 0.748. The maximum Gasteiger partial charge on any atom is 0.0366 e. The molecule has 0 amide bonds. The Hall–Kier alpha value is -0.890. The van der Waals surface area contributed by atoms with Crippen LogP contribution in [0.3, 0.4) is 0 Å². The molecule has 1 aliphatic heterocycles. The molecule has 0 saturated carbocycles. The van der Waals surface area contributed by atoms with Gasteiger partial charge >= 0.3 is 0 Å². The minimum absolute atomic E-state index is 0.607. The van der Waals surface area contributed by atoms with Crippen LogP contribution in [0.4, 0.5) is 0 Å². The third-order valence-corrected chi connectivity index (χ3v) is 3.40. The minimum atomic E-state index is 0.607. The number of rotatable bonds is 3. The molecule has 1 aromatic heterocycles. The van der Waals surface area contributed by atoms with E-state index in [9.17, 15) is 0 Å². The van der Waals surface area contributed by atoms with Crippen LogP contribution >= 0.6 is 0 Å². The summed E-state index contributed by atoms with van der Waals surface area (Å²) in [6.45, 7) is 9.25. The van der Waals surface area contributed by atoms with Crippen LogP contribution in [0.15, 0.2) is 18.5 Å². The van der Waals surface area contributed by atoms with Crippen molar-refractivity contribution in [3.63, 3.8) is 0 Å². The molecule has 0 unspecified atom stereocenters. The van der Waals surface area contributed by atoms with E-state index in [1.165, 1.54) is 37.1 Å². The molecule has 1 fully saturated rings. The lowest BCUT2D eigenvalue weighted by molar-refractivity contribution is 0.228. The van der Waals surface area contributed by atoms with Gasteiger partial charge in [0.1, 0.15) is 0 Å². The third-order valence-electron chi connectivity index (χ3n) is 3.40. The number of likely N-dealkylation sites (tertiary alicyclic amines) is 1. The fourth-order valence-corrected chi connectivity index (χ4v) is 2.69. The van der Waals surface area contributed by atoms with Crippen molar-refractivity contribution >= 4 is 0 Å². The number of hydrogen-bond donors (Lipinski definition) is 0. The highest BCUT2D eigenvalue weighted by atomic mass is 15.2. The van der Waals surface area contributed by atoms with Crippen LogP contribution in [0.5, 0.6) is 0 Å². The second-order valence-electron chi connectivity index (χ2n) is 5.28. The van der Waals surface area contributed by atoms with Crippen molar-refractivity contribution in [3.05, 3.63) is 29.6 Å². The van der Waals surface area contributed by atoms with Gasteiger partial charge in [-0.2, -0.15) is 0 Å². The van der Waals surface area contributed by atoms with Crippen LogP contribution in [0.1, 0.15) is 43.9 Å². The molecule has 16 heavy (non-hydrogen) atoms. The largest absolute Gasteiger partial charge is 0.296 e. The summed E-state index contributed by atoms with van der Waals surface area (Å²) in [7, 11) is 0. The number of aryl methyl sites for hydroxylation is 1. The molecule has 1 aromatic rings. The van der Waals surface area contributed by atoms with Crippen molar-refractivity contribution in [2.24, 2.45) is 5.92 Å². The first-order chi connectivity index (χ1) is 7.68. The highest BCUT2D eigenvalue weighted by Crippen LogP contribution is 2.33. The van der Waals surface area contributed by atoms with Crippen LogP contribution in [0.2, 0.25) is 0 Å². The van der Waals surface area contributed by atoms with Gasteiger partial charge in [0.05, 0.1) is 0 Å². The van der Waals surface area contributed by atoms with Crippen molar-refractivity contribution < 1.29 is 0 Å². The molecule has 0 spiro atoms. The van der Waals surface area contributed by atoms with Crippen molar-refractivity contribution in [3.8, 4) is 0 Å². The topological polar surface area (TPSA) is 16.1 Å². The second-order valence-corrected chi connectivity index (χ2v) is 5.28. The summed E-state index contributed by atoms with van der Waals surface area (Å²) in [6, 6.07) is 2.73. The zero-order valence-corrected chi connectivity index (χ0v) is 10.6. The van der Waals surface area contributed by atoms with Crippen LogP contribution in [0.25, 0.3) is 0 Å². The molecule has 2 nitrogen and oxygen atoms in total. The Morgan fingerprint density at radius 1 is 1.50 bits per heavy atom. The lowest BCUT2D eigenvalue weighted by Crippen LogP contribution is -2.27. The average molecular weight is 218 g/mol. The molecule has 1 atom stereocenters. The highest BCUT2D eigenvalue weighted by molar-refractivity contribution is 5.25. The first-order valence-corrected chi connectivity index (χ1v) is 6.33. The lowest BCUT2D eigenvalue weighted by Gasteiger charge is -2.27. The molecule has 1 saturated heterocycles. The van der Waals surface area contributed by atoms with Crippen LogP contribution < -0.4 is 0 Å². The van der Waals surface area contributed by atoms with E-state index in [0.717, 1.165) is 5.92 Å². The summed E-state index contributed by atoms with van der Waals surface area (Å²) in [5, 5.41) is 0. The normalized spacial score (nSPS) is 21.9. The number of pyridine rings is 1. The number of hydrogen-bond acceptors (Lipinski definition) is 2. The van der Waals surface area contributed by atoms with Gasteiger partial charge in [-0.15, -0.1) is 0 Å². The molecule has 88 valence electrons. The predicted octanol–water partition coefficient (Wildman–Crippen LogP) is 3.18. The molecule has 1 aliphatic rings.